The molecule has 2 rings (SSSR count). The highest BCUT2D eigenvalue weighted by atomic mass is 79.9. The molecule has 0 spiro atoms. The summed E-state index contributed by atoms with van der Waals surface area (Å²) in [4.78, 5) is -0.0248. The number of rotatable bonds is 2. The quantitative estimate of drug-likeness (QED) is 0.697. The molecule has 1 fully saturated rings. The van der Waals surface area contributed by atoms with Gasteiger partial charge in [-0.3, -0.25) is 0 Å². The Labute approximate surface area is 84.1 Å². The largest absolute Gasteiger partial charge is 0.207 e. The van der Waals surface area contributed by atoms with Gasteiger partial charge in [-0.2, -0.15) is 0 Å². The highest BCUT2D eigenvalue weighted by molar-refractivity contribution is 9.09. The molecule has 0 bridgehead atoms. The Hall–Kier alpha value is -0.440. The fraction of sp³-hybridized carbons (Fsp3) is 0.400. The molecule has 1 aromatic carbocycles. The minimum atomic E-state index is -0.374. The molecule has 1 atom stereocenters. The molecule has 0 aliphatic heterocycles. The van der Waals surface area contributed by atoms with Gasteiger partial charge in [0.2, 0.25) is 0 Å². The van der Waals surface area contributed by atoms with Gasteiger partial charge in [0, 0.05) is 10.4 Å². The monoisotopic (exact) mass is 246 g/mol. The highest BCUT2D eigenvalue weighted by Crippen LogP contribution is 2.46. The van der Waals surface area contributed by atoms with E-state index in [0.717, 1.165) is 18.9 Å². The van der Waals surface area contributed by atoms with Crippen molar-refractivity contribution in [2.24, 2.45) is 5.92 Å². The summed E-state index contributed by atoms with van der Waals surface area (Å²) >= 11 is 3.39. The predicted molar refractivity (Wildman–Crippen MR) is 50.8 cm³/mol. The third kappa shape index (κ3) is 1.90. The lowest BCUT2D eigenvalue weighted by Gasteiger charge is -2.09. The van der Waals surface area contributed by atoms with E-state index in [-0.39, 0.29) is 16.5 Å². The molecule has 70 valence electrons. The summed E-state index contributed by atoms with van der Waals surface area (Å²) in [6.07, 6.45) is 2.21. The average molecular weight is 247 g/mol. The van der Waals surface area contributed by atoms with Gasteiger partial charge in [-0.25, -0.2) is 8.78 Å². The van der Waals surface area contributed by atoms with E-state index in [1.165, 1.54) is 12.1 Å². The molecule has 1 aromatic rings. The molecule has 3 heteroatoms. The number of benzene rings is 1. The zero-order valence-electron chi connectivity index (χ0n) is 6.93. The SMILES string of the molecule is Fc1ccc(F)c(C(Br)C2CC2)c1. The van der Waals surface area contributed by atoms with Crippen LogP contribution in [0.5, 0.6) is 0 Å². The summed E-state index contributed by atoms with van der Waals surface area (Å²) in [6, 6.07) is 3.60. The second kappa shape index (κ2) is 3.37. The summed E-state index contributed by atoms with van der Waals surface area (Å²) < 4.78 is 26.0. The minimum absolute atomic E-state index is 0.0248. The molecule has 0 nitrogen and oxygen atoms in total. The van der Waals surface area contributed by atoms with Crippen molar-refractivity contribution in [1.82, 2.24) is 0 Å². The third-order valence-electron chi connectivity index (χ3n) is 2.29. The summed E-state index contributed by atoms with van der Waals surface area (Å²) in [5.74, 6) is -0.215. The predicted octanol–water partition coefficient (Wildman–Crippen LogP) is 3.81. The van der Waals surface area contributed by atoms with E-state index < -0.39 is 0 Å². The number of hydrogen-bond acceptors (Lipinski definition) is 0. The van der Waals surface area contributed by atoms with Crippen molar-refractivity contribution < 1.29 is 8.78 Å². The molecule has 0 aromatic heterocycles. The van der Waals surface area contributed by atoms with E-state index in [1.807, 2.05) is 0 Å². The fourth-order valence-electron chi connectivity index (χ4n) is 1.37. The van der Waals surface area contributed by atoms with Crippen LogP contribution in [0.3, 0.4) is 0 Å². The Bertz CT molecular complexity index is 321. The van der Waals surface area contributed by atoms with Crippen LogP contribution >= 0.6 is 15.9 Å². The number of halogens is 3. The lowest BCUT2D eigenvalue weighted by molar-refractivity contribution is 0.578. The molecule has 0 N–H and O–H groups in total. The standard InChI is InChI=1S/C10H9BrF2/c11-10(6-1-2-6)8-5-7(12)3-4-9(8)13/h3-6,10H,1-2H2. The first-order valence-corrected chi connectivity index (χ1v) is 5.19. The van der Waals surface area contributed by atoms with Gasteiger partial charge >= 0.3 is 0 Å². The van der Waals surface area contributed by atoms with Crippen LogP contribution in [-0.4, -0.2) is 0 Å². The van der Waals surface area contributed by atoms with E-state index >= 15 is 0 Å². The van der Waals surface area contributed by atoms with Gasteiger partial charge in [0.05, 0.1) is 0 Å². The molecule has 1 aliphatic carbocycles. The highest BCUT2D eigenvalue weighted by Gasteiger charge is 2.31. The van der Waals surface area contributed by atoms with Crippen LogP contribution in [-0.2, 0) is 0 Å². The van der Waals surface area contributed by atoms with Crippen LogP contribution in [0.1, 0.15) is 23.2 Å². The Morgan fingerprint density at radius 1 is 1.31 bits per heavy atom. The molecular formula is C10H9BrF2. The second-order valence-corrected chi connectivity index (χ2v) is 4.39. The van der Waals surface area contributed by atoms with Gasteiger partial charge in [-0.15, -0.1) is 0 Å². The van der Waals surface area contributed by atoms with E-state index in [4.69, 9.17) is 0 Å². The molecule has 0 heterocycles. The topological polar surface area (TPSA) is 0 Å². The van der Waals surface area contributed by atoms with Crippen LogP contribution in [0.15, 0.2) is 18.2 Å². The Morgan fingerprint density at radius 2 is 2.00 bits per heavy atom. The van der Waals surface area contributed by atoms with Crippen LogP contribution in [0.2, 0.25) is 0 Å². The molecule has 0 amide bonds. The smallest absolute Gasteiger partial charge is 0.127 e. The van der Waals surface area contributed by atoms with Gasteiger partial charge in [0.1, 0.15) is 11.6 Å². The summed E-state index contributed by atoms with van der Waals surface area (Å²) in [5, 5.41) is 0. The molecule has 13 heavy (non-hydrogen) atoms. The van der Waals surface area contributed by atoms with Gasteiger partial charge in [-0.05, 0) is 37.0 Å². The first kappa shape index (κ1) is 9.13. The minimum Gasteiger partial charge on any atom is -0.207 e. The van der Waals surface area contributed by atoms with Gasteiger partial charge in [-0.1, -0.05) is 15.9 Å². The second-order valence-electron chi connectivity index (χ2n) is 3.41. The molecule has 0 saturated heterocycles. The lowest BCUT2D eigenvalue weighted by atomic mass is 10.1. The molecule has 1 aliphatic rings. The summed E-state index contributed by atoms with van der Waals surface area (Å²) in [5.41, 5.74) is 0.447. The van der Waals surface area contributed by atoms with Crippen molar-refractivity contribution in [3.05, 3.63) is 35.4 Å². The molecule has 1 saturated carbocycles. The maximum Gasteiger partial charge on any atom is 0.127 e. The van der Waals surface area contributed by atoms with Crippen molar-refractivity contribution in [2.75, 3.05) is 0 Å². The Kier molecular flexibility index (Phi) is 2.37. The zero-order valence-corrected chi connectivity index (χ0v) is 8.52. The van der Waals surface area contributed by atoms with E-state index in [1.54, 1.807) is 0 Å². The maximum atomic E-state index is 13.2. The summed E-state index contributed by atoms with van der Waals surface area (Å²) in [6.45, 7) is 0. The van der Waals surface area contributed by atoms with Crippen molar-refractivity contribution in [3.63, 3.8) is 0 Å². The van der Waals surface area contributed by atoms with Gasteiger partial charge in [0.15, 0.2) is 0 Å². The van der Waals surface area contributed by atoms with Crippen molar-refractivity contribution in [2.45, 2.75) is 17.7 Å². The van der Waals surface area contributed by atoms with Crippen LogP contribution in [0.25, 0.3) is 0 Å². The normalized spacial score (nSPS) is 18.7. The maximum absolute atomic E-state index is 13.2. The lowest BCUT2D eigenvalue weighted by Crippen LogP contribution is -1.97. The van der Waals surface area contributed by atoms with Crippen LogP contribution in [0.4, 0.5) is 8.78 Å². The van der Waals surface area contributed by atoms with Crippen LogP contribution < -0.4 is 0 Å². The molecular weight excluding hydrogens is 238 g/mol. The summed E-state index contributed by atoms with van der Waals surface area (Å²) in [7, 11) is 0. The van der Waals surface area contributed by atoms with Crippen molar-refractivity contribution in [3.8, 4) is 0 Å². The Balaban J connectivity index is 2.31. The van der Waals surface area contributed by atoms with Crippen molar-refractivity contribution in [1.29, 1.82) is 0 Å². The van der Waals surface area contributed by atoms with Gasteiger partial charge < -0.3 is 0 Å². The first-order chi connectivity index (χ1) is 6.18. The third-order valence-corrected chi connectivity index (χ3v) is 3.53. The van der Waals surface area contributed by atoms with Crippen LogP contribution in [0, 0.1) is 17.6 Å². The number of hydrogen-bond donors (Lipinski definition) is 0. The molecule has 0 radical (unpaired) electrons. The molecule has 1 unspecified atom stereocenters. The zero-order chi connectivity index (χ0) is 9.42. The Morgan fingerprint density at radius 3 is 2.62 bits per heavy atom. The average Bonchev–Trinajstić information content (AvgIpc) is 2.91. The number of alkyl halides is 1. The fourth-order valence-corrected chi connectivity index (χ4v) is 2.25. The van der Waals surface area contributed by atoms with E-state index in [2.05, 4.69) is 15.9 Å². The van der Waals surface area contributed by atoms with Crippen molar-refractivity contribution >= 4 is 15.9 Å². The van der Waals surface area contributed by atoms with E-state index in [9.17, 15) is 8.78 Å². The first-order valence-electron chi connectivity index (χ1n) is 4.27. The van der Waals surface area contributed by atoms with Gasteiger partial charge in [0.25, 0.3) is 0 Å². The van der Waals surface area contributed by atoms with E-state index in [0.29, 0.717) is 11.5 Å².